The quantitative estimate of drug-likeness (QED) is 0.780. The van der Waals surface area contributed by atoms with Crippen LogP contribution in [0.15, 0.2) is 23.1 Å². The fourth-order valence-electron chi connectivity index (χ4n) is 1.53. The van der Waals surface area contributed by atoms with E-state index in [1.807, 2.05) is 13.8 Å². The Bertz CT molecular complexity index is 486. The molecule has 0 aliphatic rings. The largest absolute Gasteiger partial charge is 0.494 e. The van der Waals surface area contributed by atoms with Crippen LogP contribution < -0.4 is 14.8 Å². The third-order valence-corrected chi connectivity index (χ3v) is 3.89. The van der Waals surface area contributed by atoms with Gasteiger partial charge in [0.2, 0.25) is 10.0 Å². The molecule has 0 aliphatic carbocycles. The molecular weight excluding hydrogens is 252 g/mol. The Hall–Kier alpha value is -1.11. The van der Waals surface area contributed by atoms with Crippen LogP contribution in [0.3, 0.4) is 0 Å². The summed E-state index contributed by atoms with van der Waals surface area (Å²) in [5.74, 6) is 0.716. The molecule has 5 nitrogen and oxygen atoms in total. The van der Waals surface area contributed by atoms with Gasteiger partial charge in [-0.1, -0.05) is 6.92 Å². The monoisotopic (exact) mass is 272 g/mol. The lowest BCUT2D eigenvalue weighted by Gasteiger charge is -2.12. The second-order valence-corrected chi connectivity index (χ2v) is 5.58. The van der Waals surface area contributed by atoms with Gasteiger partial charge in [-0.25, -0.2) is 13.1 Å². The van der Waals surface area contributed by atoms with Crippen molar-refractivity contribution in [2.45, 2.75) is 25.3 Å². The van der Waals surface area contributed by atoms with Crippen molar-refractivity contribution in [3.8, 4) is 5.75 Å². The summed E-state index contributed by atoms with van der Waals surface area (Å²) >= 11 is 0. The Morgan fingerprint density at radius 3 is 2.56 bits per heavy atom. The summed E-state index contributed by atoms with van der Waals surface area (Å²) in [4.78, 5) is 0.251. The van der Waals surface area contributed by atoms with Crippen LogP contribution in [-0.4, -0.2) is 28.6 Å². The number of rotatable bonds is 7. The minimum atomic E-state index is -3.41. The number of sulfonamides is 1. The van der Waals surface area contributed by atoms with Gasteiger partial charge in [0, 0.05) is 12.1 Å². The Labute approximate surface area is 109 Å². The molecule has 0 aliphatic heterocycles. The third kappa shape index (κ3) is 3.69. The molecule has 1 aromatic carbocycles. The van der Waals surface area contributed by atoms with Crippen molar-refractivity contribution >= 4 is 10.0 Å². The average Bonchev–Trinajstić information content (AvgIpc) is 2.37. The van der Waals surface area contributed by atoms with E-state index in [1.54, 1.807) is 18.2 Å². The molecule has 0 spiro atoms. The van der Waals surface area contributed by atoms with E-state index in [9.17, 15) is 8.42 Å². The normalized spacial score (nSPS) is 11.5. The number of hydrogen-bond acceptors (Lipinski definition) is 4. The SMILES string of the molecule is CCNCc1cc(S(=O)(=O)NC)ccc1OCC. The Morgan fingerprint density at radius 1 is 1.28 bits per heavy atom. The van der Waals surface area contributed by atoms with Crippen LogP contribution in [0.1, 0.15) is 19.4 Å². The maximum atomic E-state index is 11.7. The van der Waals surface area contributed by atoms with Crippen molar-refractivity contribution in [3.05, 3.63) is 23.8 Å². The van der Waals surface area contributed by atoms with Gasteiger partial charge in [0.25, 0.3) is 0 Å². The lowest BCUT2D eigenvalue weighted by Crippen LogP contribution is -2.19. The summed E-state index contributed by atoms with van der Waals surface area (Å²) in [6.07, 6.45) is 0. The number of ether oxygens (including phenoxy) is 1. The second kappa shape index (κ2) is 6.72. The summed E-state index contributed by atoms with van der Waals surface area (Å²) in [6, 6.07) is 4.88. The first kappa shape index (κ1) is 14.9. The molecule has 18 heavy (non-hydrogen) atoms. The van der Waals surface area contributed by atoms with Gasteiger partial charge in [0.05, 0.1) is 11.5 Å². The molecule has 2 N–H and O–H groups in total. The van der Waals surface area contributed by atoms with Crippen LogP contribution in [0.4, 0.5) is 0 Å². The highest BCUT2D eigenvalue weighted by Gasteiger charge is 2.14. The van der Waals surface area contributed by atoms with Crippen molar-refractivity contribution in [2.24, 2.45) is 0 Å². The smallest absolute Gasteiger partial charge is 0.240 e. The summed E-state index contributed by atoms with van der Waals surface area (Å²) in [6.45, 7) is 5.84. The van der Waals surface area contributed by atoms with E-state index in [-0.39, 0.29) is 4.90 Å². The van der Waals surface area contributed by atoms with Crippen LogP contribution in [0.2, 0.25) is 0 Å². The van der Waals surface area contributed by atoms with E-state index in [4.69, 9.17) is 4.74 Å². The minimum Gasteiger partial charge on any atom is -0.494 e. The van der Waals surface area contributed by atoms with Crippen LogP contribution in [-0.2, 0) is 16.6 Å². The van der Waals surface area contributed by atoms with Crippen molar-refractivity contribution in [3.63, 3.8) is 0 Å². The predicted octanol–water partition coefficient (Wildman–Crippen LogP) is 1.10. The molecule has 0 saturated heterocycles. The van der Waals surface area contributed by atoms with Crippen LogP contribution >= 0.6 is 0 Å². The van der Waals surface area contributed by atoms with Crippen molar-refractivity contribution in [1.82, 2.24) is 10.0 Å². The van der Waals surface area contributed by atoms with Crippen molar-refractivity contribution < 1.29 is 13.2 Å². The molecule has 0 fully saturated rings. The zero-order valence-corrected chi connectivity index (χ0v) is 11.8. The van der Waals surface area contributed by atoms with E-state index in [2.05, 4.69) is 10.0 Å². The van der Waals surface area contributed by atoms with Crippen LogP contribution in [0, 0.1) is 0 Å². The highest BCUT2D eigenvalue weighted by atomic mass is 32.2. The molecule has 0 aromatic heterocycles. The zero-order valence-electron chi connectivity index (χ0n) is 11.0. The summed E-state index contributed by atoms with van der Waals surface area (Å²) in [5, 5.41) is 3.16. The van der Waals surface area contributed by atoms with Crippen molar-refractivity contribution in [2.75, 3.05) is 20.2 Å². The molecule has 0 amide bonds. The molecule has 0 radical (unpaired) electrons. The molecule has 1 rings (SSSR count). The minimum absolute atomic E-state index is 0.251. The van der Waals surface area contributed by atoms with Crippen LogP contribution in [0.25, 0.3) is 0 Å². The molecule has 1 aromatic rings. The van der Waals surface area contributed by atoms with E-state index >= 15 is 0 Å². The molecule has 0 bridgehead atoms. The lowest BCUT2D eigenvalue weighted by molar-refractivity contribution is 0.335. The molecule has 0 atom stereocenters. The van der Waals surface area contributed by atoms with Gasteiger partial charge in [-0.05, 0) is 38.7 Å². The maximum Gasteiger partial charge on any atom is 0.240 e. The molecule has 0 saturated carbocycles. The topological polar surface area (TPSA) is 67.4 Å². The van der Waals surface area contributed by atoms with Gasteiger partial charge in [-0.3, -0.25) is 0 Å². The van der Waals surface area contributed by atoms with Gasteiger partial charge in [-0.2, -0.15) is 0 Å². The molecule has 0 heterocycles. The molecular formula is C12H20N2O3S. The van der Waals surface area contributed by atoms with Gasteiger partial charge < -0.3 is 10.1 Å². The fraction of sp³-hybridized carbons (Fsp3) is 0.500. The Morgan fingerprint density at radius 2 is 2.00 bits per heavy atom. The lowest BCUT2D eigenvalue weighted by atomic mass is 10.2. The van der Waals surface area contributed by atoms with Crippen molar-refractivity contribution in [1.29, 1.82) is 0 Å². The van der Waals surface area contributed by atoms with E-state index in [0.717, 1.165) is 12.1 Å². The summed E-state index contributed by atoms with van der Waals surface area (Å²) < 4.78 is 31.2. The van der Waals surface area contributed by atoms with Gasteiger partial charge in [0.15, 0.2) is 0 Å². The fourth-order valence-corrected chi connectivity index (χ4v) is 2.32. The highest BCUT2D eigenvalue weighted by molar-refractivity contribution is 7.89. The van der Waals surface area contributed by atoms with E-state index in [1.165, 1.54) is 7.05 Å². The number of benzene rings is 1. The third-order valence-electron chi connectivity index (χ3n) is 2.48. The molecule has 102 valence electrons. The molecule has 0 unspecified atom stereocenters. The van der Waals surface area contributed by atoms with E-state index in [0.29, 0.717) is 18.9 Å². The Kier molecular flexibility index (Phi) is 5.58. The molecule has 6 heteroatoms. The highest BCUT2D eigenvalue weighted by Crippen LogP contribution is 2.22. The summed E-state index contributed by atoms with van der Waals surface area (Å²) in [5.41, 5.74) is 0.843. The first-order valence-corrected chi connectivity index (χ1v) is 7.43. The zero-order chi connectivity index (χ0) is 13.6. The second-order valence-electron chi connectivity index (χ2n) is 3.69. The van der Waals surface area contributed by atoms with Gasteiger partial charge in [-0.15, -0.1) is 0 Å². The number of nitrogens with one attached hydrogen (secondary N) is 2. The average molecular weight is 272 g/mol. The van der Waals surface area contributed by atoms with Gasteiger partial charge >= 0.3 is 0 Å². The summed E-state index contributed by atoms with van der Waals surface area (Å²) in [7, 11) is -2.01. The standard InChI is InChI=1S/C12H20N2O3S/c1-4-14-9-10-8-11(18(15,16)13-3)6-7-12(10)17-5-2/h6-8,13-14H,4-5,9H2,1-3H3. The Balaban J connectivity index is 3.12. The first-order valence-electron chi connectivity index (χ1n) is 5.95. The van der Waals surface area contributed by atoms with Gasteiger partial charge in [0.1, 0.15) is 5.75 Å². The maximum absolute atomic E-state index is 11.7. The first-order chi connectivity index (χ1) is 8.55. The van der Waals surface area contributed by atoms with Crippen LogP contribution in [0.5, 0.6) is 5.75 Å². The number of hydrogen-bond donors (Lipinski definition) is 2. The predicted molar refractivity (Wildman–Crippen MR) is 71.2 cm³/mol. The van der Waals surface area contributed by atoms with E-state index < -0.39 is 10.0 Å².